The maximum Gasteiger partial charge on any atom is 0.514 e. The van der Waals surface area contributed by atoms with Crippen LogP contribution in [0.4, 0.5) is 10.5 Å². The largest absolute Gasteiger partial charge is 0.514 e. The minimum absolute atomic E-state index is 0.0594. The zero-order valence-corrected chi connectivity index (χ0v) is 14.8. The van der Waals surface area contributed by atoms with E-state index in [1.807, 2.05) is 0 Å². The number of aryl methyl sites for hydroxylation is 1. The first-order valence-corrected chi connectivity index (χ1v) is 8.71. The lowest BCUT2D eigenvalue weighted by atomic mass is 9.79. The molecule has 1 heterocycles. The number of thiazole rings is 1. The van der Waals surface area contributed by atoms with E-state index in [4.69, 9.17) is 9.47 Å². The number of ether oxygens (including phenoxy) is 2. The molecule has 0 aliphatic heterocycles. The van der Waals surface area contributed by atoms with Crippen LogP contribution < -0.4 is 4.74 Å². The standard InChI is InChI=1S/C17H18N2O5S/c1-17(2)8-7-13-14(9-17)25-15(18-13)10-23-16(20)24-12-5-3-11(4-6-12)19(21)22/h3-6H,7-10H2,1-2H3. The molecule has 0 spiro atoms. The molecule has 1 aliphatic rings. The Kier molecular flexibility index (Phi) is 4.71. The van der Waals surface area contributed by atoms with Gasteiger partial charge in [0.1, 0.15) is 17.4 Å². The molecule has 0 radical (unpaired) electrons. The highest BCUT2D eigenvalue weighted by Gasteiger charge is 2.28. The van der Waals surface area contributed by atoms with E-state index >= 15 is 0 Å². The summed E-state index contributed by atoms with van der Waals surface area (Å²) in [7, 11) is 0. The quantitative estimate of drug-likeness (QED) is 0.349. The Labute approximate surface area is 148 Å². The van der Waals surface area contributed by atoms with E-state index < -0.39 is 11.1 Å². The number of rotatable bonds is 4. The number of hydrogen-bond acceptors (Lipinski definition) is 7. The molecule has 0 saturated heterocycles. The van der Waals surface area contributed by atoms with Crippen molar-refractivity contribution in [3.63, 3.8) is 0 Å². The van der Waals surface area contributed by atoms with Gasteiger partial charge in [-0.05, 0) is 36.8 Å². The van der Waals surface area contributed by atoms with E-state index in [1.165, 1.54) is 29.1 Å². The van der Waals surface area contributed by atoms with Gasteiger partial charge < -0.3 is 9.47 Å². The van der Waals surface area contributed by atoms with E-state index in [0.717, 1.165) is 30.0 Å². The number of fused-ring (bicyclic) bond motifs is 1. The average molecular weight is 362 g/mol. The summed E-state index contributed by atoms with van der Waals surface area (Å²) < 4.78 is 10.1. The third-order valence-electron chi connectivity index (χ3n) is 4.06. The second-order valence-corrected chi connectivity index (χ2v) is 7.88. The highest BCUT2D eigenvalue weighted by Crippen LogP contribution is 2.37. The fourth-order valence-electron chi connectivity index (χ4n) is 2.69. The molecular weight excluding hydrogens is 344 g/mol. The Hall–Kier alpha value is -2.48. The summed E-state index contributed by atoms with van der Waals surface area (Å²) >= 11 is 1.57. The summed E-state index contributed by atoms with van der Waals surface area (Å²) in [4.78, 5) is 27.6. The van der Waals surface area contributed by atoms with Gasteiger partial charge in [-0.25, -0.2) is 9.78 Å². The summed E-state index contributed by atoms with van der Waals surface area (Å²) in [5, 5.41) is 11.3. The number of carbonyl (C=O) groups excluding carboxylic acids is 1. The molecule has 0 unspecified atom stereocenters. The van der Waals surface area contributed by atoms with Gasteiger partial charge in [0.15, 0.2) is 0 Å². The minimum Gasteiger partial charge on any atom is -0.427 e. The van der Waals surface area contributed by atoms with Gasteiger partial charge in [-0.1, -0.05) is 13.8 Å². The molecule has 0 fully saturated rings. The molecule has 0 bridgehead atoms. The van der Waals surface area contributed by atoms with Crippen LogP contribution in [0.5, 0.6) is 5.75 Å². The van der Waals surface area contributed by atoms with Crippen LogP contribution in [0.3, 0.4) is 0 Å². The van der Waals surface area contributed by atoms with Gasteiger partial charge in [-0.3, -0.25) is 10.1 Å². The van der Waals surface area contributed by atoms with Crippen LogP contribution in [0.1, 0.15) is 35.8 Å². The summed E-state index contributed by atoms with van der Waals surface area (Å²) in [6, 6.07) is 5.23. The lowest BCUT2D eigenvalue weighted by Gasteiger charge is -2.28. The van der Waals surface area contributed by atoms with Crippen molar-refractivity contribution < 1.29 is 19.2 Å². The Morgan fingerprint density at radius 1 is 1.36 bits per heavy atom. The molecule has 1 aromatic heterocycles. The van der Waals surface area contributed by atoms with Crippen LogP contribution in [-0.4, -0.2) is 16.1 Å². The minimum atomic E-state index is -0.859. The van der Waals surface area contributed by atoms with Gasteiger partial charge in [-0.15, -0.1) is 11.3 Å². The fourth-order valence-corrected chi connectivity index (χ4v) is 3.98. The molecule has 8 heteroatoms. The normalized spacial score (nSPS) is 15.3. The monoisotopic (exact) mass is 362 g/mol. The van der Waals surface area contributed by atoms with E-state index in [0.29, 0.717) is 0 Å². The van der Waals surface area contributed by atoms with Crippen LogP contribution >= 0.6 is 11.3 Å². The molecule has 25 heavy (non-hydrogen) atoms. The maximum atomic E-state index is 11.7. The predicted molar refractivity (Wildman–Crippen MR) is 91.8 cm³/mol. The van der Waals surface area contributed by atoms with Crippen molar-refractivity contribution in [1.29, 1.82) is 0 Å². The molecule has 3 rings (SSSR count). The summed E-state index contributed by atoms with van der Waals surface area (Å²) in [5.74, 6) is 0.191. The van der Waals surface area contributed by atoms with Gasteiger partial charge in [-0.2, -0.15) is 0 Å². The van der Waals surface area contributed by atoms with Gasteiger partial charge in [0.2, 0.25) is 0 Å². The van der Waals surface area contributed by atoms with Crippen molar-refractivity contribution in [2.75, 3.05) is 0 Å². The maximum absolute atomic E-state index is 11.7. The Bertz CT molecular complexity index is 798. The summed E-state index contributed by atoms with van der Waals surface area (Å²) in [5.41, 5.74) is 1.32. The molecule has 7 nitrogen and oxygen atoms in total. The molecule has 2 aromatic rings. The smallest absolute Gasteiger partial charge is 0.427 e. The van der Waals surface area contributed by atoms with Crippen LogP contribution in [0.25, 0.3) is 0 Å². The van der Waals surface area contributed by atoms with E-state index in [2.05, 4.69) is 18.8 Å². The van der Waals surface area contributed by atoms with Gasteiger partial charge >= 0.3 is 6.16 Å². The van der Waals surface area contributed by atoms with Crippen molar-refractivity contribution in [3.8, 4) is 5.75 Å². The number of carbonyl (C=O) groups is 1. The second-order valence-electron chi connectivity index (χ2n) is 6.71. The van der Waals surface area contributed by atoms with Gasteiger partial charge in [0, 0.05) is 17.0 Å². The number of non-ortho nitro benzene ring substituents is 1. The molecule has 1 aromatic carbocycles. The first-order valence-electron chi connectivity index (χ1n) is 7.89. The fraction of sp³-hybridized carbons (Fsp3) is 0.412. The number of nitro benzene ring substituents is 1. The van der Waals surface area contributed by atoms with E-state index in [1.54, 1.807) is 11.3 Å². The SMILES string of the molecule is CC1(C)CCc2nc(COC(=O)Oc3ccc([N+](=O)[O-])cc3)sc2C1. The molecule has 0 amide bonds. The molecule has 0 saturated carbocycles. The van der Waals surface area contributed by atoms with Crippen molar-refractivity contribution in [1.82, 2.24) is 4.98 Å². The zero-order chi connectivity index (χ0) is 18.0. The number of nitro groups is 1. The zero-order valence-electron chi connectivity index (χ0n) is 14.0. The predicted octanol–water partition coefficient (Wildman–Crippen LogP) is 4.28. The second kappa shape index (κ2) is 6.79. The number of aromatic nitrogens is 1. The summed E-state index contributed by atoms with van der Waals surface area (Å²) in [6.07, 6.45) is 2.19. The molecule has 0 atom stereocenters. The highest BCUT2D eigenvalue weighted by molar-refractivity contribution is 7.11. The molecule has 132 valence electrons. The van der Waals surface area contributed by atoms with Crippen LogP contribution in [0, 0.1) is 15.5 Å². The topological polar surface area (TPSA) is 91.6 Å². The Balaban J connectivity index is 1.54. The van der Waals surface area contributed by atoms with Crippen LogP contribution in [0.2, 0.25) is 0 Å². The lowest BCUT2D eigenvalue weighted by Crippen LogP contribution is -2.20. The van der Waals surface area contributed by atoms with Gasteiger partial charge in [0.25, 0.3) is 5.69 Å². The Morgan fingerprint density at radius 3 is 2.76 bits per heavy atom. The third-order valence-corrected chi connectivity index (χ3v) is 5.13. The van der Waals surface area contributed by atoms with Gasteiger partial charge in [0.05, 0.1) is 10.6 Å². The van der Waals surface area contributed by atoms with Crippen molar-refractivity contribution in [2.24, 2.45) is 5.41 Å². The summed E-state index contributed by atoms with van der Waals surface area (Å²) in [6.45, 7) is 4.55. The highest BCUT2D eigenvalue weighted by atomic mass is 32.1. The number of nitrogens with zero attached hydrogens (tertiary/aromatic N) is 2. The third kappa shape index (κ3) is 4.33. The van der Waals surface area contributed by atoms with E-state index in [-0.39, 0.29) is 23.5 Å². The van der Waals surface area contributed by atoms with Crippen molar-refractivity contribution in [2.45, 2.75) is 39.7 Å². The number of benzene rings is 1. The molecule has 0 N–H and O–H groups in total. The lowest BCUT2D eigenvalue weighted by molar-refractivity contribution is -0.384. The van der Waals surface area contributed by atoms with Crippen LogP contribution in [0.15, 0.2) is 24.3 Å². The van der Waals surface area contributed by atoms with Crippen molar-refractivity contribution >= 4 is 23.2 Å². The number of hydrogen-bond donors (Lipinski definition) is 0. The first-order chi connectivity index (χ1) is 11.8. The average Bonchev–Trinajstić information content (AvgIpc) is 2.94. The molecule has 1 aliphatic carbocycles. The first kappa shape index (κ1) is 17.3. The van der Waals surface area contributed by atoms with Crippen LogP contribution in [-0.2, 0) is 24.2 Å². The van der Waals surface area contributed by atoms with Crippen molar-refractivity contribution in [3.05, 3.63) is 50.0 Å². The Morgan fingerprint density at radius 2 is 2.08 bits per heavy atom. The molecular formula is C17H18N2O5S. The van der Waals surface area contributed by atoms with E-state index in [9.17, 15) is 14.9 Å².